The number of nitrogens with one attached hydrogen (secondary N) is 2. The molecule has 0 bridgehead atoms. The Bertz CT molecular complexity index is 1120. The number of carbonyl (C=O) groups is 1. The van der Waals surface area contributed by atoms with Gasteiger partial charge in [-0.15, -0.1) is 0 Å². The molecular formula is C24H20N4O2. The van der Waals surface area contributed by atoms with Crippen LogP contribution >= 0.6 is 0 Å². The summed E-state index contributed by atoms with van der Waals surface area (Å²) < 4.78 is 5.91. The number of hydrogen-bond acceptors (Lipinski definition) is 5. The van der Waals surface area contributed by atoms with Crippen LogP contribution in [-0.4, -0.2) is 15.9 Å². The number of hydrogen-bond donors (Lipinski definition) is 2. The summed E-state index contributed by atoms with van der Waals surface area (Å²) in [5.41, 5.74) is 2.82. The van der Waals surface area contributed by atoms with E-state index in [1.165, 1.54) is 6.20 Å². The summed E-state index contributed by atoms with van der Waals surface area (Å²) in [6.07, 6.45) is 6.74. The molecule has 0 radical (unpaired) electrons. The summed E-state index contributed by atoms with van der Waals surface area (Å²) in [5.74, 6) is 0.995. The number of nitrogens with zero attached hydrogens (tertiary/aromatic N) is 2. The highest BCUT2D eigenvalue weighted by atomic mass is 16.5. The Morgan fingerprint density at radius 3 is 2.53 bits per heavy atom. The number of para-hydroxylation sites is 3. The van der Waals surface area contributed by atoms with Gasteiger partial charge < -0.3 is 15.4 Å². The van der Waals surface area contributed by atoms with Crippen LogP contribution in [0.5, 0.6) is 11.5 Å². The molecule has 2 N–H and O–H groups in total. The molecule has 2 heterocycles. The molecular weight excluding hydrogens is 376 g/mol. The Morgan fingerprint density at radius 2 is 1.70 bits per heavy atom. The van der Waals surface area contributed by atoms with Gasteiger partial charge in [0.05, 0.1) is 16.9 Å². The van der Waals surface area contributed by atoms with Crippen LogP contribution in [0.15, 0.2) is 97.6 Å². The van der Waals surface area contributed by atoms with Gasteiger partial charge in [0.2, 0.25) is 0 Å². The highest BCUT2D eigenvalue weighted by molar-refractivity contribution is 6.05. The number of aromatic nitrogens is 2. The fourth-order valence-corrected chi connectivity index (χ4v) is 2.84. The number of ether oxygens (including phenoxy) is 1. The second kappa shape index (κ2) is 9.34. The van der Waals surface area contributed by atoms with Crippen LogP contribution in [0.2, 0.25) is 0 Å². The van der Waals surface area contributed by atoms with Crippen molar-refractivity contribution in [3.63, 3.8) is 0 Å². The average Bonchev–Trinajstić information content (AvgIpc) is 2.80. The third-order valence-electron chi connectivity index (χ3n) is 4.33. The number of pyridine rings is 2. The van der Waals surface area contributed by atoms with E-state index >= 15 is 0 Å². The minimum Gasteiger partial charge on any atom is -0.455 e. The molecule has 0 fully saturated rings. The van der Waals surface area contributed by atoms with Crippen molar-refractivity contribution < 1.29 is 9.53 Å². The van der Waals surface area contributed by atoms with Crippen molar-refractivity contribution in [2.45, 2.75) is 6.54 Å². The first-order valence-electron chi connectivity index (χ1n) is 9.49. The number of benzene rings is 2. The van der Waals surface area contributed by atoms with Gasteiger partial charge in [0.25, 0.3) is 5.91 Å². The fraction of sp³-hybridized carbons (Fsp3) is 0.0417. The van der Waals surface area contributed by atoms with Crippen molar-refractivity contribution in [2.24, 2.45) is 0 Å². The molecule has 0 spiro atoms. The van der Waals surface area contributed by atoms with Crippen molar-refractivity contribution in [1.29, 1.82) is 0 Å². The smallest absolute Gasteiger partial charge is 0.257 e. The Balaban J connectivity index is 1.45. The molecule has 6 nitrogen and oxygen atoms in total. The maximum absolute atomic E-state index is 12.8. The zero-order chi connectivity index (χ0) is 20.6. The predicted octanol–water partition coefficient (Wildman–Crippen LogP) is 5.13. The fourth-order valence-electron chi connectivity index (χ4n) is 2.84. The molecule has 2 aromatic heterocycles. The van der Waals surface area contributed by atoms with Crippen molar-refractivity contribution in [2.75, 3.05) is 10.6 Å². The van der Waals surface area contributed by atoms with Crippen molar-refractivity contribution in [1.82, 2.24) is 9.97 Å². The third-order valence-corrected chi connectivity index (χ3v) is 4.33. The Morgan fingerprint density at radius 1 is 0.867 bits per heavy atom. The van der Waals surface area contributed by atoms with Crippen molar-refractivity contribution in [3.8, 4) is 11.5 Å². The maximum Gasteiger partial charge on any atom is 0.257 e. The van der Waals surface area contributed by atoms with E-state index in [0.29, 0.717) is 29.3 Å². The van der Waals surface area contributed by atoms with Gasteiger partial charge in [-0.05, 0) is 42.0 Å². The molecule has 30 heavy (non-hydrogen) atoms. The van der Waals surface area contributed by atoms with Gasteiger partial charge >= 0.3 is 0 Å². The van der Waals surface area contributed by atoms with Gasteiger partial charge in [0, 0.05) is 31.3 Å². The van der Waals surface area contributed by atoms with Crippen LogP contribution in [0.25, 0.3) is 0 Å². The number of carbonyl (C=O) groups excluding carboxylic acids is 1. The van der Waals surface area contributed by atoms with Gasteiger partial charge in [-0.3, -0.25) is 14.8 Å². The van der Waals surface area contributed by atoms with Gasteiger partial charge in [-0.25, -0.2) is 0 Å². The Hall–Kier alpha value is -4.19. The molecule has 6 heteroatoms. The van der Waals surface area contributed by atoms with E-state index in [9.17, 15) is 4.79 Å². The lowest BCUT2D eigenvalue weighted by Crippen LogP contribution is -2.13. The lowest BCUT2D eigenvalue weighted by atomic mass is 10.2. The monoisotopic (exact) mass is 396 g/mol. The molecule has 0 unspecified atom stereocenters. The van der Waals surface area contributed by atoms with E-state index in [4.69, 9.17) is 4.74 Å². The number of rotatable bonds is 7. The standard InChI is InChI=1S/C24H20N4O2/c29-24(19-13-20(17-26-16-19)27-15-18-7-6-12-25-14-18)28-22-10-4-5-11-23(22)30-21-8-2-1-3-9-21/h1-14,16-17,27H,15H2,(H,28,29). The van der Waals surface area contributed by atoms with E-state index in [1.807, 2.05) is 60.7 Å². The van der Waals surface area contributed by atoms with E-state index < -0.39 is 0 Å². The second-order valence-corrected chi connectivity index (χ2v) is 6.54. The summed E-state index contributed by atoms with van der Waals surface area (Å²) in [6, 6.07) is 22.4. The summed E-state index contributed by atoms with van der Waals surface area (Å²) in [4.78, 5) is 21.1. The lowest BCUT2D eigenvalue weighted by molar-refractivity contribution is 0.102. The molecule has 148 valence electrons. The highest BCUT2D eigenvalue weighted by Crippen LogP contribution is 2.29. The van der Waals surface area contributed by atoms with E-state index in [1.54, 1.807) is 30.7 Å². The molecule has 0 saturated carbocycles. The minimum atomic E-state index is -0.267. The first-order chi connectivity index (χ1) is 14.8. The van der Waals surface area contributed by atoms with Crippen LogP contribution in [0.1, 0.15) is 15.9 Å². The summed E-state index contributed by atoms with van der Waals surface area (Å²) in [7, 11) is 0. The molecule has 0 aliphatic carbocycles. The van der Waals surface area contributed by atoms with Gasteiger partial charge in [0.1, 0.15) is 5.75 Å². The first-order valence-corrected chi connectivity index (χ1v) is 9.49. The average molecular weight is 396 g/mol. The summed E-state index contributed by atoms with van der Waals surface area (Å²) in [6.45, 7) is 0.592. The van der Waals surface area contributed by atoms with Crippen molar-refractivity contribution >= 4 is 17.3 Å². The lowest BCUT2D eigenvalue weighted by Gasteiger charge is -2.13. The predicted molar refractivity (Wildman–Crippen MR) is 117 cm³/mol. The first kappa shape index (κ1) is 19.1. The van der Waals surface area contributed by atoms with Gasteiger partial charge in [-0.1, -0.05) is 36.4 Å². The molecule has 0 saturated heterocycles. The summed E-state index contributed by atoms with van der Waals surface area (Å²) in [5, 5.41) is 6.16. The van der Waals surface area contributed by atoms with Gasteiger partial charge in [-0.2, -0.15) is 0 Å². The number of amides is 1. The SMILES string of the molecule is O=C(Nc1ccccc1Oc1ccccc1)c1cncc(NCc2cccnc2)c1. The van der Waals surface area contributed by atoms with Crippen LogP contribution in [0, 0.1) is 0 Å². The molecule has 0 aliphatic heterocycles. The molecule has 2 aromatic carbocycles. The molecule has 0 aliphatic rings. The number of anilines is 2. The van der Waals surface area contributed by atoms with Crippen LogP contribution in [-0.2, 0) is 6.54 Å². The van der Waals surface area contributed by atoms with E-state index in [2.05, 4.69) is 20.6 Å². The topological polar surface area (TPSA) is 76.1 Å². The molecule has 4 rings (SSSR count). The zero-order valence-electron chi connectivity index (χ0n) is 16.2. The van der Waals surface area contributed by atoms with E-state index in [0.717, 1.165) is 11.3 Å². The largest absolute Gasteiger partial charge is 0.455 e. The zero-order valence-corrected chi connectivity index (χ0v) is 16.2. The second-order valence-electron chi connectivity index (χ2n) is 6.54. The normalized spacial score (nSPS) is 10.3. The Labute approximate surface area is 174 Å². The summed E-state index contributed by atoms with van der Waals surface area (Å²) >= 11 is 0. The quantitative estimate of drug-likeness (QED) is 0.453. The van der Waals surface area contributed by atoms with Crippen LogP contribution in [0.4, 0.5) is 11.4 Å². The molecule has 1 amide bonds. The van der Waals surface area contributed by atoms with Crippen molar-refractivity contribution in [3.05, 3.63) is 109 Å². The maximum atomic E-state index is 12.8. The van der Waals surface area contributed by atoms with Crippen LogP contribution in [0.3, 0.4) is 0 Å². The molecule has 0 atom stereocenters. The minimum absolute atomic E-state index is 0.267. The molecule has 4 aromatic rings. The third kappa shape index (κ3) is 4.99. The van der Waals surface area contributed by atoms with Gasteiger partial charge in [0.15, 0.2) is 5.75 Å². The van der Waals surface area contributed by atoms with E-state index in [-0.39, 0.29) is 5.91 Å². The van der Waals surface area contributed by atoms with Crippen LogP contribution < -0.4 is 15.4 Å². The highest BCUT2D eigenvalue weighted by Gasteiger charge is 2.11. The Kier molecular flexibility index (Phi) is 5.96.